The Morgan fingerprint density at radius 1 is 1.08 bits per heavy atom. The highest BCUT2D eigenvalue weighted by Crippen LogP contribution is 2.43. The third-order valence-corrected chi connectivity index (χ3v) is 3.63. The van der Waals surface area contributed by atoms with Crippen LogP contribution in [0.15, 0.2) is 30.3 Å². The van der Waals surface area contributed by atoms with Crippen LogP contribution in [0.5, 0.6) is 23.0 Å². The van der Waals surface area contributed by atoms with Gasteiger partial charge in [0.2, 0.25) is 6.79 Å². The van der Waals surface area contributed by atoms with Gasteiger partial charge < -0.3 is 24.3 Å². The zero-order valence-corrected chi connectivity index (χ0v) is 12.5. The lowest BCUT2D eigenvalue weighted by atomic mass is 10.1. The highest BCUT2D eigenvalue weighted by atomic mass is 35.5. The average Bonchev–Trinajstić information content (AvgIpc) is 3.09. The number of rotatable bonds is 2. The summed E-state index contributed by atoms with van der Waals surface area (Å²) in [7, 11) is 0. The Hall–Kier alpha value is -2.74. The lowest BCUT2D eigenvalue weighted by Crippen LogP contribution is -2.25. The molecular formula is C15H8ClF2NO5. The monoisotopic (exact) mass is 355 g/mol. The van der Waals surface area contributed by atoms with Crippen LogP contribution in [0, 0.1) is 0 Å². The van der Waals surface area contributed by atoms with Gasteiger partial charge in [-0.15, -0.1) is 8.78 Å². The molecule has 0 spiro atoms. The summed E-state index contributed by atoms with van der Waals surface area (Å²) in [4.78, 5) is 12.3. The van der Waals surface area contributed by atoms with Crippen molar-refractivity contribution >= 4 is 23.2 Å². The summed E-state index contributed by atoms with van der Waals surface area (Å²) in [5.74, 6) is -0.0389. The second-order valence-electron chi connectivity index (χ2n) is 4.97. The molecule has 0 aliphatic carbocycles. The number of ether oxygens (including phenoxy) is 4. The number of hydrogen-bond donors (Lipinski definition) is 1. The van der Waals surface area contributed by atoms with E-state index in [1.54, 1.807) is 0 Å². The van der Waals surface area contributed by atoms with Gasteiger partial charge in [0.25, 0.3) is 5.91 Å². The quantitative estimate of drug-likeness (QED) is 0.891. The van der Waals surface area contributed by atoms with Crippen LogP contribution in [0.1, 0.15) is 10.4 Å². The van der Waals surface area contributed by atoms with Crippen LogP contribution in [0.3, 0.4) is 0 Å². The number of anilines is 1. The fourth-order valence-corrected chi connectivity index (χ4v) is 2.59. The molecular weight excluding hydrogens is 348 g/mol. The van der Waals surface area contributed by atoms with Gasteiger partial charge in [-0.3, -0.25) is 4.79 Å². The van der Waals surface area contributed by atoms with E-state index < -0.39 is 12.2 Å². The van der Waals surface area contributed by atoms with Gasteiger partial charge in [0.05, 0.1) is 5.02 Å². The second-order valence-corrected chi connectivity index (χ2v) is 5.38. The predicted octanol–water partition coefficient (Wildman–Crippen LogP) is 3.64. The lowest BCUT2D eigenvalue weighted by Gasteiger charge is -2.07. The van der Waals surface area contributed by atoms with Crippen molar-refractivity contribution in [1.82, 2.24) is 0 Å². The molecule has 0 aromatic heterocycles. The van der Waals surface area contributed by atoms with Crippen molar-refractivity contribution in [2.75, 3.05) is 12.1 Å². The Balaban J connectivity index is 1.56. The van der Waals surface area contributed by atoms with Crippen LogP contribution in [0.25, 0.3) is 0 Å². The molecule has 0 saturated heterocycles. The zero-order chi connectivity index (χ0) is 16.9. The van der Waals surface area contributed by atoms with Crippen LogP contribution >= 0.6 is 11.6 Å². The molecule has 2 aromatic carbocycles. The Morgan fingerprint density at radius 3 is 2.71 bits per heavy atom. The number of benzene rings is 2. The smallest absolute Gasteiger partial charge is 0.454 e. The first-order valence-electron chi connectivity index (χ1n) is 6.72. The van der Waals surface area contributed by atoms with Crippen molar-refractivity contribution in [1.29, 1.82) is 0 Å². The first kappa shape index (κ1) is 14.8. The van der Waals surface area contributed by atoms with E-state index in [0.717, 1.165) is 0 Å². The maximum Gasteiger partial charge on any atom is 0.586 e. The standard InChI is InChI=1S/C15H8ClF2NO5/c16-9-3-7(4-12-13(9)22-6-21-12)14(20)19-8-1-2-10-11(5-8)24-15(17,18)23-10/h1-5H,6H2,(H,19,20). The van der Waals surface area contributed by atoms with Gasteiger partial charge in [-0.2, -0.15) is 0 Å². The van der Waals surface area contributed by atoms with Gasteiger partial charge in [-0.1, -0.05) is 11.6 Å². The van der Waals surface area contributed by atoms with E-state index in [1.807, 2.05) is 0 Å². The number of hydrogen-bond acceptors (Lipinski definition) is 5. The number of nitrogens with one attached hydrogen (secondary N) is 1. The van der Waals surface area contributed by atoms with Crippen LogP contribution in [0.4, 0.5) is 14.5 Å². The molecule has 0 saturated carbocycles. The zero-order valence-electron chi connectivity index (χ0n) is 11.8. The number of carbonyl (C=O) groups excluding carboxylic acids is 1. The van der Waals surface area contributed by atoms with Gasteiger partial charge in [0.1, 0.15) is 0 Å². The summed E-state index contributed by atoms with van der Waals surface area (Å²) in [5, 5.41) is 2.80. The molecule has 6 nitrogen and oxygen atoms in total. The van der Waals surface area contributed by atoms with Gasteiger partial charge in [-0.25, -0.2) is 0 Å². The Morgan fingerprint density at radius 2 is 1.88 bits per heavy atom. The Bertz CT molecular complexity index is 858. The van der Waals surface area contributed by atoms with E-state index in [0.29, 0.717) is 11.5 Å². The molecule has 24 heavy (non-hydrogen) atoms. The highest BCUT2D eigenvalue weighted by Gasteiger charge is 2.43. The van der Waals surface area contributed by atoms with E-state index in [-0.39, 0.29) is 34.6 Å². The Labute approximate surface area is 138 Å². The van der Waals surface area contributed by atoms with Crippen molar-refractivity contribution < 1.29 is 32.5 Å². The maximum atomic E-state index is 13.0. The van der Waals surface area contributed by atoms with Gasteiger partial charge in [0.15, 0.2) is 23.0 Å². The van der Waals surface area contributed by atoms with Crippen molar-refractivity contribution in [2.24, 2.45) is 0 Å². The molecule has 2 aliphatic rings. The number of alkyl halides is 2. The first-order valence-corrected chi connectivity index (χ1v) is 7.09. The molecule has 0 radical (unpaired) electrons. The van der Waals surface area contributed by atoms with E-state index in [9.17, 15) is 13.6 Å². The van der Waals surface area contributed by atoms with Crippen LogP contribution in [-0.2, 0) is 0 Å². The third-order valence-electron chi connectivity index (χ3n) is 3.35. The number of carbonyl (C=O) groups is 1. The average molecular weight is 356 g/mol. The summed E-state index contributed by atoms with van der Waals surface area (Å²) in [6.45, 7) is 0.0243. The summed E-state index contributed by atoms with van der Waals surface area (Å²) in [6, 6.07) is 6.83. The molecule has 0 fully saturated rings. The van der Waals surface area contributed by atoms with Crippen molar-refractivity contribution in [3.8, 4) is 23.0 Å². The molecule has 1 amide bonds. The SMILES string of the molecule is O=C(Nc1ccc2c(c1)OC(F)(F)O2)c1cc(Cl)c2c(c1)OCO2. The third kappa shape index (κ3) is 2.54. The van der Waals surface area contributed by atoms with Crippen LogP contribution in [0.2, 0.25) is 5.02 Å². The molecule has 0 bridgehead atoms. The minimum atomic E-state index is -3.71. The lowest BCUT2D eigenvalue weighted by molar-refractivity contribution is -0.286. The van der Waals surface area contributed by atoms with E-state index >= 15 is 0 Å². The molecule has 4 rings (SSSR count). The molecule has 2 aliphatic heterocycles. The summed E-state index contributed by atoms with van der Waals surface area (Å²) >= 11 is 6.03. The van der Waals surface area contributed by atoms with Crippen molar-refractivity contribution in [3.05, 3.63) is 40.9 Å². The van der Waals surface area contributed by atoms with E-state index in [1.165, 1.54) is 30.3 Å². The predicted molar refractivity (Wildman–Crippen MR) is 78.2 cm³/mol. The minimum absolute atomic E-state index is 0.0243. The van der Waals surface area contributed by atoms with Crippen LogP contribution in [-0.4, -0.2) is 19.0 Å². The second kappa shape index (κ2) is 5.13. The van der Waals surface area contributed by atoms with Gasteiger partial charge in [0, 0.05) is 17.3 Å². The molecule has 9 heteroatoms. The first-order chi connectivity index (χ1) is 11.4. The summed E-state index contributed by atoms with van der Waals surface area (Å²) in [6.07, 6.45) is -3.71. The summed E-state index contributed by atoms with van der Waals surface area (Å²) < 4.78 is 45.0. The molecule has 2 aromatic rings. The van der Waals surface area contributed by atoms with E-state index in [2.05, 4.69) is 14.8 Å². The highest BCUT2D eigenvalue weighted by molar-refractivity contribution is 6.32. The normalized spacial score (nSPS) is 16.1. The van der Waals surface area contributed by atoms with Crippen molar-refractivity contribution in [2.45, 2.75) is 6.29 Å². The van der Waals surface area contributed by atoms with Crippen LogP contribution < -0.4 is 24.3 Å². The molecule has 1 N–H and O–H groups in total. The molecule has 0 unspecified atom stereocenters. The topological polar surface area (TPSA) is 66.0 Å². The van der Waals surface area contributed by atoms with Crippen molar-refractivity contribution in [3.63, 3.8) is 0 Å². The number of fused-ring (bicyclic) bond motifs is 2. The van der Waals surface area contributed by atoms with Gasteiger partial charge >= 0.3 is 6.29 Å². The fourth-order valence-electron chi connectivity index (χ4n) is 2.33. The summed E-state index contributed by atoms with van der Waals surface area (Å²) in [5.41, 5.74) is 0.487. The maximum absolute atomic E-state index is 13.0. The van der Waals surface area contributed by atoms with E-state index in [4.69, 9.17) is 21.1 Å². The minimum Gasteiger partial charge on any atom is -0.454 e. The van der Waals surface area contributed by atoms with Gasteiger partial charge in [-0.05, 0) is 24.3 Å². The molecule has 2 heterocycles. The number of halogens is 3. The number of amides is 1. The molecule has 0 atom stereocenters. The fraction of sp³-hybridized carbons (Fsp3) is 0.133. The molecule has 124 valence electrons. The Kier molecular flexibility index (Phi) is 3.17. The largest absolute Gasteiger partial charge is 0.586 e.